The first-order valence-electron chi connectivity index (χ1n) is 10.6. The van der Waals surface area contributed by atoms with Gasteiger partial charge in [0.2, 0.25) is 0 Å². The second-order valence-corrected chi connectivity index (χ2v) is 8.55. The van der Waals surface area contributed by atoms with E-state index in [9.17, 15) is 0 Å². The molecule has 0 aromatic heterocycles. The number of nitrogens with zero attached hydrogens (tertiary/aromatic N) is 2. The average Bonchev–Trinajstić information content (AvgIpc) is 2.60. The fourth-order valence-corrected chi connectivity index (χ4v) is 4.59. The molecule has 2 aliphatic carbocycles. The molecule has 2 fully saturated rings. The van der Waals surface area contributed by atoms with Crippen molar-refractivity contribution in [2.75, 3.05) is 40.3 Å². The average molecular weight is 396 g/mol. The smallest absolute Gasteiger partial charge is 0.000960 e. The molecule has 0 N–H and O–H groups in total. The summed E-state index contributed by atoms with van der Waals surface area (Å²) in [4.78, 5) is 5.15. The molecule has 0 bridgehead atoms. The molecule has 0 amide bonds. The number of hydrogen-bond acceptors (Lipinski definition) is 2. The van der Waals surface area contributed by atoms with Gasteiger partial charge in [-0.2, -0.15) is 0 Å². The van der Waals surface area contributed by atoms with E-state index in [4.69, 9.17) is 0 Å². The summed E-state index contributed by atoms with van der Waals surface area (Å²) >= 11 is 0. The number of hydrogen-bond donors (Lipinski definition) is 0. The molecule has 0 unspecified atom stereocenters. The summed E-state index contributed by atoms with van der Waals surface area (Å²) in [5.74, 6) is 2.06. The maximum Gasteiger partial charge on any atom is -0.000960 e. The van der Waals surface area contributed by atoms with E-state index in [1.54, 1.807) is 0 Å². The summed E-state index contributed by atoms with van der Waals surface area (Å²) in [5.41, 5.74) is 0. The molecule has 2 rings (SSSR count). The van der Waals surface area contributed by atoms with Gasteiger partial charge in [0, 0.05) is 0 Å². The second-order valence-electron chi connectivity index (χ2n) is 8.55. The summed E-state index contributed by atoms with van der Waals surface area (Å²) in [5, 5.41) is 0. The van der Waals surface area contributed by atoms with Crippen molar-refractivity contribution in [3.63, 3.8) is 0 Å². The molecule has 0 aromatic carbocycles. The molecule has 0 aliphatic heterocycles. The zero-order valence-corrected chi connectivity index (χ0v) is 18.5. The predicted octanol–water partition coefficient (Wildman–Crippen LogP) is 6.02. The monoisotopic (exact) mass is 394 g/mol. The third kappa shape index (κ3) is 11.7. The molecule has 2 saturated carbocycles. The van der Waals surface area contributed by atoms with Crippen molar-refractivity contribution < 1.29 is 0 Å². The van der Waals surface area contributed by atoms with Crippen LogP contribution in [0.5, 0.6) is 0 Å². The first-order valence-corrected chi connectivity index (χ1v) is 10.6. The Morgan fingerprint density at radius 2 is 0.920 bits per heavy atom. The van der Waals surface area contributed by atoms with E-state index < -0.39 is 0 Å². The fourth-order valence-electron chi connectivity index (χ4n) is 4.59. The van der Waals surface area contributed by atoms with Crippen molar-refractivity contribution in [2.24, 2.45) is 11.8 Å². The Kier molecular flexibility index (Phi) is 15.9. The highest BCUT2D eigenvalue weighted by molar-refractivity contribution is 5.85. The van der Waals surface area contributed by atoms with E-state index in [1.807, 2.05) is 0 Å². The maximum absolute atomic E-state index is 2.57. The largest absolute Gasteiger partial charge is 0.306 e. The summed E-state index contributed by atoms with van der Waals surface area (Å²) in [6.07, 6.45) is 19.1. The lowest BCUT2D eigenvalue weighted by Gasteiger charge is -2.26. The summed E-state index contributed by atoms with van der Waals surface area (Å²) in [7, 11) is 4.65. The van der Waals surface area contributed by atoms with Gasteiger partial charge in [-0.1, -0.05) is 64.2 Å². The lowest BCUT2D eigenvalue weighted by molar-refractivity contribution is 0.234. The van der Waals surface area contributed by atoms with Crippen molar-refractivity contribution in [1.82, 2.24) is 9.80 Å². The normalized spacial score (nSPS) is 19.7. The summed E-state index contributed by atoms with van der Waals surface area (Å²) in [6, 6.07) is 0. The first-order chi connectivity index (χ1) is 11.2. The van der Waals surface area contributed by atoms with Crippen LogP contribution in [-0.2, 0) is 0 Å². The zero-order chi connectivity index (χ0) is 16.3. The van der Waals surface area contributed by atoms with Gasteiger partial charge in [-0.25, -0.2) is 0 Å². The molecular formula is C21H44Cl2N2. The van der Waals surface area contributed by atoms with Crippen molar-refractivity contribution in [1.29, 1.82) is 0 Å². The van der Waals surface area contributed by atoms with Crippen LogP contribution in [0.4, 0.5) is 0 Å². The van der Waals surface area contributed by atoms with Crippen LogP contribution in [0.1, 0.15) is 83.5 Å². The SMILES string of the molecule is CN(CCCN(C)CCC1CCCCC1)CCC1CCCCC1.Cl.Cl. The number of halogens is 2. The van der Waals surface area contributed by atoms with Crippen LogP contribution >= 0.6 is 24.8 Å². The standard InChI is InChI=1S/C21H42N2.2ClH/c1-22(18-14-20-10-5-3-6-11-20)16-9-17-23(2)19-15-21-12-7-4-8-13-21;;/h20-21H,3-19H2,1-2H3;2*1H. The molecule has 25 heavy (non-hydrogen) atoms. The van der Waals surface area contributed by atoms with Gasteiger partial charge in [-0.3, -0.25) is 0 Å². The predicted molar refractivity (Wildman–Crippen MR) is 116 cm³/mol. The van der Waals surface area contributed by atoms with Gasteiger partial charge in [0.25, 0.3) is 0 Å². The topological polar surface area (TPSA) is 6.48 Å². The Labute approximate surface area is 170 Å². The highest BCUT2D eigenvalue weighted by Gasteiger charge is 2.15. The van der Waals surface area contributed by atoms with Gasteiger partial charge in [0.1, 0.15) is 0 Å². The Hall–Kier alpha value is 0.500. The first kappa shape index (κ1) is 25.5. The van der Waals surface area contributed by atoms with E-state index in [1.165, 1.54) is 110 Å². The minimum Gasteiger partial charge on any atom is -0.306 e. The highest BCUT2D eigenvalue weighted by Crippen LogP contribution is 2.27. The van der Waals surface area contributed by atoms with Crippen molar-refractivity contribution in [2.45, 2.75) is 83.5 Å². The minimum atomic E-state index is 0. The Bertz CT molecular complexity index is 262. The van der Waals surface area contributed by atoms with E-state index in [-0.39, 0.29) is 24.8 Å². The molecular weight excluding hydrogens is 351 g/mol. The van der Waals surface area contributed by atoms with Crippen LogP contribution in [-0.4, -0.2) is 50.1 Å². The molecule has 4 heteroatoms. The maximum atomic E-state index is 2.57. The lowest BCUT2D eigenvalue weighted by atomic mass is 9.87. The molecule has 152 valence electrons. The van der Waals surface area contributed by atoms with Crippen LogP contribution in [0.2, 0.25) is 0 Å². The highest BCUT2D eigenvalue weighted by atomic mass is 35.5. The van der Waals surface area contributed by atoms with Crippen LogP contribution in [0.25, 0.3) is 0 Å². The quantitative estimate of drug-likeness (QED) is 0.446. The second kappa shape index (κ2) is 15.5. The van der Waals surface area contributed by atoms with E-state index in [2.05, 4.69) is 23.9 Å². The molecule has 0 atom stereocenters. The van der Waals surface area contributed by atoms with Gasteiger partial charge in [0.05, 0.1) is 0 Å². The summed E-state index contributed by atoms with van der Waals surface area (Å²) in [6.45, 7) is 5.19. The molecule has 0 heterocycles. The molecule has 2 aliphatic rings. The van der Waals surface area contributed by atoms with Gasteiger partial charge < -0.3 is 9.80 Å². The fraction of sp³-hybridized carbons (Fsp3) is 1.00. The van der Waals surface area contributed by atoms with Gasteiger partial charge >= 0.3 is 0 Å². The Morgan fingerprint density at radius 3 is 1.28 bits per heavy atom. The Balaban J connectivity index is 0.00000288. The van der Waals surface area contributed by atoms with Crippen LogP contribution < -0.4 is 0 Å². The lowest BCUT2D eigenvalue weighted by Crippen LogP contribution is -2.28. The van der Waals surface area contributed by atoms with E-state index in [0.29, 0.717) is 0 Å². The minimum absolute atomic E-state index is 0. The van der Waals surface area contributed by atoms with Crippen molar-refractivity contribution >= 4 is 24.8 Å². The van der Waals surface area contributed by atoms with Crippen molar-refractivity contribution in [3.05, 3.63) is 0 Å². The van der Waals surface area contributed by atoms with E-state index in [0.717, 1.165) is 11.8 Å². The van der Waals surface area contributed by atoms with Crippen LogP contribution in [0.15, 0.2) is 0 Å². The summed E-state index contributed by atoms with van der Waals surface area (Å²) < 4.78 is 0. The molecule has 0 spiro atoms. The zero-order valence-electron chi connectivity index (χ0n) is 16.9. The third-order valence-electron chi connectivity index (χ3n) is 6.37. The number of rotatable bonds is 10. The van der Waals surface area contributed by atoms with Gasteiger partial charge in [-0.15, -0.1) is 24.8 Å². The van der Waals surface area contributed by atoms with E-state index >= 15 is 0 Å². The van der Waals surface area contributed by atoms with Crippen LogP contribution in [0, 0.1) is 11.8 Å². The molecule has 0 saturated heterocycles. The molecule has 0 aromatic rings. The van der Waals surface area contributed by atoms with Crippen molar-refractivity contribution in [3.8, 4) is 0 Å². The van der Waals surface area contributed by atoms with Gasteiger partial charge in [0.15, 0.2) is 0 Å². The van der Waals surface area contributed by atoms with Gasteiger partial charge in [-0.05, 0) is 71.4 Å². The molecule has 0 radical (unpaired) electrons. The molecule has 2 nitrogen and oxygen atoms in total. The third-order valence-corrected chi connectivity index (χ3v) is 6.37. The Morgan fingerprint density at radius 1 is 0.560 bits per heavy atom. The van der Waals surface area contributed by atoms with Crippen LogP contribution in [0.3, 0.4) is 0 Å².